The average molecular weight is 264 g/mol. The van der Waals surface area contributed by atoms with Crippen molar-refractivity contribution in [3.63, 3.8) is 0 Å². The van der Waals surface area contributed by atoms with Gasteiger partial charge in [0.15, 0.2) is 0 Å². The van der Waals surface area contributed by atoms with Gasteiger partial charge in [-0.2, -0.15) is 0 Å². The molecule has 0 radical (unpaired) electrons. The second kappa shape index (κ2) is 5.17. The number of carboxylic acids is 1. The van der Waals surface area contributed by atoms with Crippen LogP contribution in [0.15, 0.2) is 18.2 Å². The number of aliphatic carboxylic acids is 1. The van der Waals surface area contributed by atoms with Crippen molar-refractivity contribution >= 4 is 23.3 Å². The molecule has 6 nitrogen and oxygen atoms in total. The second-order valence-corrected chi connectivity index (χ2v) is 4.53. The monoisotopic (exact) mass is 264 g/mol. The Hall–Kier alpha value is -2.24. The average Bonchev–Trinajstić information content (AvgIpc) is 2.68. The summed E-state index contributed by atoms with van der Waals surface area (Å²) < 4.78 is 4.65. The maximum absolute atomic E-state index is 11.4. The molecule has 1 atom stereocenters. The second-order valence-electron chi connectivity index (χ2n) is 4.53. The minimum atomic E-state index is -0.876. The quantitative estimate of drug-likeness (QED) is 0.618. The van der Waals surface area contributed by atoms with E-state index in [1.165, 1.54) is 7.11 Å². The van der Waals surface area contributed by atoms with E-state index in [9.17, 15) is 9.59 Å². The van der Waals surface area contributed by atoms with Crippen molar-refractivity contribution in [2.75, 3.05) is 30.8 Å². The maximum atomic E-state index is 11.4. The van der Waals surface area contributed by atoms with Gasteiger partial charge in [0.1, 0.15) is 6.54 Å². The first-order valence-electron chi connectivity index (χ1n) is 5.95. The zero-order valence-electron chi connectivity index (χ0n) is 10.6. The summed E-state index contributed by atoms with van der Waals surface area (Å²) >= 11 is 0. The van der Waals surface area contributed by atoms with E-state index in [1.807, 2.05) is 11.0 Å². The molecule has 0 saturated heterocycles. The molecule has 19 heavy (non-hydrogen) atoms. The molecule has 1 unspecified atom stereocenters. The lowest BCUT2D eigenvalue weighted by molar-refractivity contribution is -0.139. The van der Waals surface area contributed by atoms with Crippen molar-refractivity contribution in [1.82, 2.24) is 0 Å². The van der Waals surface area contributed by atoms with Crippen molar-refractivity contribution in [2.24, 2.45) is 0 Å². The summed E-state index contributed by atoms with van der Waals surface area (Å²) in [5.74, 6) is -1.43. The number of hydrogen-bond acceptors (Lipinski definition) is 5. The Morgan fingerprint density at radius 1 is 1.53 bits per heavy atom. The molecule has 1 aliphatic heterocycles. The van der Waals surface area contributed by atoms with E-state index in [1.54, 1.807) is 12.1 Å². The number of carbonyl (C=O) groups is 2. The number of hydrogen-bond donors (Lipinski definition) is 2. The van der Waals surface area contributed by atoms with E-state index >= 15 is 0 Å². The molecule has 3 N–H and O–H groups in total. The van der Waals surface area contributed by atoms with Crippen LogP contribution in [0.3, 0.4) is 0 Å². The van der Waals surface area contributed by atoms with Gasteiger partial charge >= 0.3 is 11.9 Å². The third kappa shape index (κ3) is 2.62. The number of anilines is 2. The Kier molecular flexibility index (Phi) is 3.59. The molecule has 0 aromatic heterocycles. The fourth-order valence-electron chi connectivity index (χ4n) is 2.49. The standard InChI is InChI=1S/C13H16N2O4/c1-19-12(18)7-15-6-8(5-11(16)17)13-9(14)3-2-4-10(13)15/h2-4,8H,5-7,14H2,1H3,(H,16,17). The molecule has 1 aromatic rings. The lowest BCUT2D eigenvalue weighted by Crippen LogP contribution is -2.29. The maximum Gasteiger partial charge on any atom is 0.325 e. The Labute approximate surface area is 110 Å². The molecular weight excluding hydrogens is 248 g/mol. The highest BCUT2D eigenvalue weighted by Gasteiger charge is 2.32. The van der Waals surface area contributed by atoms with Crippen molar-refractivity contribution < 1.29 is 19.4 Å². The number of benzene rings is 1. The normalized spacial score (nSPS) is 17.1. The molecule has 0 bridgehead atoms. The van der Waals surface area contributed by atoms with E-state index in [-0.39, 0.29) is 24.9 Å². The Balaban J connectivity index is 2.31. The summed E-state index contributed by atoms with van der Waals surface area (Å²) in [5, 5.41) is 8.95. The lowest BCUT2D eigenvalue weighted by atomic mass is 9.96. The summed E-state index contributed by atoms with van der Waals surface area (Å²) in [4.78, 5) is 24.1. The van der Waals surface area contributed by atoms with Crippen LogP contribution in [0.1, 0.15) is 17.9 Å². The van der Waals surface area contributed by atoms with E-state index in [4.69, 9.17) is 10.8 Å². The SMILES string of the molecule is COC(=O)CN1CC(CC(=O)O)c2c(N)cccc21. The summed E-state index contributed by atoms with van der Waals surface area (Å²) in [6.45, 7) is 0.564. The first-order chi connectivity index (χ1) is 9.02. The zero-order chi connectivity index (χ0) is 14.0. The van der Waals surface area contributed by atoms with Crippen molar-refractivity contribution in [1.29, 1.82) is 0 Å². The largest absolute Gasteiger partial charge is 0.481 e. The Morgan fingerprint density at radius 2 is 2.26 bits per heavy atom. The molecule has 0 aliphatic carbocycles. The number of nitrogen functional groups attached to an aromatic ring is 1. The van der Waals surface area contributed by atoms with Gasteiger partial charge in [0.25, 0.3) is 0 Å². The number of rotatable bonds is 4. The molecule has 0 fully saturated rings. The van der Waals surface area contributed by atoms with Gasteiger partial charge in [-0.25, -0.2) is 0 Å². The molecule has 0 saturated carbocycles. The first-order valence-corrected chi connectivity index (χ1v) is 5.95. The number of carbonyl (C=O) groups excluding carboxylic acids is 1. The highest BCUT2D eigenvalue weighted by molar-refractivity contribution is 5.81. The van der Waals surface area contributed by atoms with Gasteiger partial charge in [-0.15, -0.1) is 0 Å². The molecule has 2 rings (SSSR count). The molecule has 6 heteroatoms. The van der Waals surface area contributed by atoms with Gasteiger partial charge in [-0.1, -0.05) is 6.07 Å². The van der Waals surface area contributed by atoms with Crippen molar-refractivity contribution in [3.8, 4) is 0 Å². The number of ether oxygens (including phenoxy) is 1. The van der Waals surface area contributed by atoms with Crippen LogP contribution in [-0.2, 0) is 14.3 Å². The van der Waals surface area contributed by atoms with Crippen LogP contribution >= 0.6 is 0 Å². The number of esters is 1. The van der Waals surface area contributed by atoms with Crippen LogP contribution in [-0.4, -0.2) is 37.2 Å². The van der Waals surface area contributed by atoms with Gasteiger partial charge in [-0.3, -0.25) is 9.59 Å². The predicted octanol–water partition coefficient (Wildman–Crippen LogP) is 0.820. The molecule has 1 aromatic carbocycles. The minimum absolute atomic E-state index is 0.00111. The number of nitrogens with zero attached hydrogens (tertiary/aromatic N) is 1. The summed E-state index contributed by atoms with van der Waals surface area (Å²) in [6.07, 6.45) is -0.00111. The number of nitrogens with two attached hydrogens (primary N) is 1. The highest BCUT2D eigenvalue weighted by atomic mass is 16.5. The third-order valence-corrected chi connectivity index (χ3v) is 3.28. The molecule has 1 aliphatic rings. The Bertz CT molecular complexity index is 515. The highest BCUT2D eigenvalue weighted by Crippen LogP contribution is 2.41. The molecule has 0 spiro atoms. The minimum Gasteiger partial charge on any atom is -0.481 e. The summed E-state index contributed by atoms with van der Waals surface area (Å²) in [7, 11) is 1.33. The smallest absolute Gasteiger partial charge is 0.325 e. The number of methoxy groups -OCH3 is 1. The molecular formula is C13H16N2O4. The van der Waals surface area contributed by atoms with E-state index < -0.39 is 5.97 Å². The molecule has 1 heterocycles. The van der Waals surface area contributed by atoms with Crippen LogP contribution in [0.25, 0.3) is 0 Å². The number of carboxylic acid groups (broad SMARTS) is 1. The first kappa shape index (κ1) is 13.2. The zero-order valence-corrected chi connectivity index (χ0v) is 10.6. The topological polar surface area (TPSA) is 92.9 Å². The van der Waals surface area contributed by atoms with E-state index in [0.717, 1.165) is 11.3 Å². The summed E-state index contributed by atoms with van der Waals surface area (Å²) in [6, 6.07) is 5.38. The van der Waals surface area contributed by atoms with Crippen LogP contribution in [0, 0.1) is 0 Å². The Morgan fingerprint density at radius 3 is 2.89 bits per heavy atom. The van der Waals surface area contributed by atoms with Crippen molar-refractivity contribution in [3.05, 3.63) is 23.8 Å². The van der Waals surface area contributed by atoms with Crippen LogP contribution in [0.5, 0.6) is 0 Å². The lowest BCUT2D eigenvalue weighted by Gasteiger charge is -2.17. The third-order valence-electron chi connectivity index (χ3n) is 3.28. The van der Waals surface area contributed by atoms with Gasteiger partial charge < -0.3 is 20.5 Å². The van der Waals surface area contributed by atoms with Crippen LogP contribution in [0.2, 0.25) is 0 Å². The van der Waals surface area contributed by atoms with Gasteiger partial charge in [0.05, 0.1) is 13.5 Å². The van der Waals surface area contributed by atoms with Gasteiger partial charge in [0, 0.05) is 29.4 Å². The fraction of sp³-hybridized carbons (Fsp3) is 0.385. The van der Waals surface area contributed by atoms with Crippen LogP contribution in [0.4, 0.5) is 11.4 Å². The summed E-state index contributed by atoms with van der Waals surface area (Å²) in [5.41, 5.74) is 8.12. The van der Waals surface area contributed by atoms with Crippen molar-refractivity contribution in [2.45, 2.75) is 12.3 Å². The van der Waals surface area contributed by atoms with E-state index in [2.05, 4.69) is 4.74 Å². The molecule has 0 amide bonds. The predicted molar refractivity (Wildman–Crippen MR) is 70.1 cm³/mol. The van der Waals surface area contributed by atoms with Gasteiger partial charge in [-0.05, 0) is 12.1 Å². The van der Waals surface area contributed by atoms with E-state index in [0.29, 0.717) is 12.2 Å². The molecule has 102 valence electrons. The fourth-order valence-corrected chi connectivity index (χ4v) is 2.49. The number of fused-ring (bicyclic) bond motifs is 1. The van der Waals surface area contributed by atoms with Crippen LogP contribution < -0.4 is 10.6 Å². The van der Waals surface area contributed by atoms with Gasteiger partial charge in [0.2, 0.25) is 0 Å².